The lowest BCUT2D eigenvalue weighted by Crippen LogP contribution is -2.27. The third-order valence-corrected chi connectivity index (χ3v) is 4.67. The van der Waals surface area contributed by atoms with Crippen LogP contribution in [0, 0.1) is 11.6 Å². The Labute approximate surface area is 184 Å². The molecule has 8 heteroatoms. The molecule has 1 N–H and O–H groups in total. The van der Waals surface area contributed by atoms with Gasteiger partial charge in [-0.2, -0.15) is 5.10 Å². The van der Waals surface area contributed by atoms with Crippen molar-refractivity contribution in [3.8, 4) is 11.3 Å². The summed E-state index contributed by atoms with van der Waals surface area (Å²) in [4.78, 5) is 24.3. The predicted molar refractivity (Wildman–Crippen MR) is 117 cm³/mol. The number of esters is 1. The van der Waals surface area contributed by atoms with Crippen molar-refractivity contribution < 1.29 is 18.3 Å². The molecule has 3 rings (SSSR count). The van der Waals surface area contributed by atoms with Crippen molar-refractivity contribution in [1.29, 1.82) is 0 Å². The van der Waals surface area contributed by atoms with Crippen molar-refractivity contribution in [2.24, 2.45) is 0 Å². The Bertz CT molecular complexity index is 1150. The normalized spacial score (nSPS) is 11.0. The predicted octanol–water partition coefficient (Wildman–Crippen LogP) is 3.32. The molecule has 0 aliphatic rings. The van der Waals surface area contributed by atoms with Gasteiger partial charge in [0.05, 0.1) is 18.7 Å². The number of nitrogens with zero attached hydrogens (tertiary/aromatic N) is 2. The zero-order valence-electron chi connectivity index (χ0n) is 18.0. The van der Waals surface area contributed by atoms with Gasteiger partial charge in [-0.1, -0.05) is 38.1 Å². The molecule has 6 nitrogen and oxygen atoms in total. The third-order valence-electron chi connectivity index (χ3n) is 4.67. The Morgan fingerprint density at radius 1 is 1.06 bits per heavy atom. The highest BCUT2D eigenvalue weighted by molar-refractivity contribution is 5.72. The van der Waals surface area contributed by atoms with Crippen LogP contribution in [0.3, 0.4) is 0 Å². The number of nitrogens with one attached hydrogen (secondary N) is 1. The van der Waals surface area contributed by atoms with Gasteiger partial charge in [0.2, 0.25) is 0 Å². The highest BCUT2D eigenvalue weighted by atomic mass is 19.2. The first-order valence-electron chi connectivity index (χ1n) is 10.3. The Kier molecular flexibility index (Phi) is 7.83. The first kappa shape index (κ1) is 23.3. The Morgan fingerprint density at radius 2 is 1.84 bits per heavy atom. The lowest BCUT2D eigenvalue weighted by atomic mass is 10.1. The highest BCUT2D eigenvalue weighted by Crippen LogP contribution is 2.18. The van der Waals surface area contributed by atoms with Crippen LogP contribution >= 0.6 is 0 Å². The molecule has 0 aliphatic heterocycles. The van der Waals surface area contributed by atoms with Crippen LogP contribution < -0.4 is 10.9 Å². The molecular formula is C24H25F2N3O3. The summed E-state index contributed by atoms with van der Waals surface area (Å²) in [5, 5.41) is 7.45. The van der Waals surface area contributed by atoms with E-state index in [9.17, 15) is 18.4 Å². The van der Waals surface area contributed by atoms with Gasteiger partial charge in [-0.25, -0.2) is 13.5 Å². The van der Waals surface area contributed by atoms with E-state index in [0.717, 1.165) is 23.3 Å². The zero-order chi connectivity index (χ0) is 23.1. The van der Waals surface area contributed by atoms with Crippen molar-refractivity contribution in [1.82, 2.24) is 15.1 Å². The second kappa shape index (κ2) is 10.8. The van der Waals surface area contributed by atoms with Crippen LogP contribution in [0.5, 0.6) is 0 Å². The Morgan fingerprint density at radius 3 is 2.59 bits per heavy atom. The Balaban J connectivity index is 1.69. The molecule has 0 aliphatic carbocycles. The number of benzene rings is 2. The number of aromatic nitrogens is 2. The summed E-state index contributed by atoms with van der Waals surface area (Å²) in [6.45, 7) is 5.08. The topological polar surface area (TPSA) is 73.2 Å². The van der Waals surface area contributed by atoms with Gasteiger partial charge in [0.25, 0.3) is 5.56 Å². The largest absolute Gasteiger partial charge is 0.464 e. The summed E-state index contributed by atoms with van der Waals surface area (Å²) in [6.07, 6.45) is 0.118. The molecule has 32 heavy (non-hydrogen) atoms. The van der Waals surface area contributed by atoms with E-state index in [1.54, 1.807) is 6.07 Å². The number of rotatable bonds is 9. The lowest BCUT2D eigenvalue weighted by molar-refractivity contribution is -0.142. The quantitative estimate of drug-likeness (QED) is 0.407. The molecule has 0 atom stereocenters. The van der Waals surface area contributed by atoms with Crippen molar-refractivity contribution in [2.75, 3.05) is 13.2 Å². The Hall–Kier alpha value is -3.39. The van der Waals surface area contributed by atoms with Crippen LogP contribution in [0.25, 0.3) is 11.3 Å². The molecule has 0 fully saturated rings. The minimum atomic E-state index is -0.985. The molecule has 0 unspecified atom stereocenters. The van der Waals surface area contributed by atoms with E-state index in [1.165, 1.54) is 22.9 Å². The van der Waals surface area contributed by atoms with Crippen molar-refractivity contribution in [3.63, 3.8) is 0 Å². The molecule has 168 valence electrons. The highest BCUT2D eigenvalue weighted by Gasteiger charge is 2.10. The maximum Gasteiger partial charge on any atom is 0.310 e. The van der Waals surface area contributed by atoms with Crippen LogP contribution in [-0.2, 0) is 22.5 Å². The molecule has 0 saturated carbocycles. The third kappa shape index (κ3) is 6.55. The summed E-state index contributed by atoms with van der Waals surface area (Å²) < 4.78 is 33.2. The van der Waals surface area contributed by atoms with Crippen molar-refractivity contribution >= 4 is 5.97 Å². The fourth-order valence-corrected chi connectivity index (χ4v) is 3.11. The number of halogens is 2. The van der Waals surface area contributed by atoms with Gasteiger partial charge < -0.3 is 10.1 Å². The molecule has 1 heterocycles. The molecule has 2 aromatic carbocycles. The minimum absolute atomic E-state index is 0.118. The average molecular weight is 441 g/mol. The van der Waals surface area contributed by atoms with E-state index >= 15 is 0 Å². The molecular weight excluding hydrogens is 416 g/mol. The zero-order valence-corrected chi connectivity index (χ0v) is 18.0. The average Bonchev–Trinajstić information content (AvgIpc) is 2.75. The maximum absolute atomic E-state index is 13.6. The molecule has 0 saturated heterocycles. The number of hydrogen-bond donors (Lipinski definition) is 1. The number of carbonyl (C=O) groups is 1. The smallest absolute Gasteiger partial charge is 0.310 e. The second-order valence-corrected chi connectivity index (χ2v) is 7.67. The fraction of sp³-hybridized carbons (Fsp3) is 0.292. The van der Waals surface area contributed by atoms with Crippen LogP contribution in [0.4, 0.5) is 8.78 Å². The van der Waals surface area contributed by atoms with Gasteiger partial charge >= 0.3 is 5.97 Å². The molecule has 0 spiro atoms. The summed E-state index contributed by atoms with van der Waals surface area (Å²) >= 11 is 0. The fourth-order valence-electron chi connectivity index (χ4n) is 3.11. The summed E-state index contributed by atoms with van der Waals surface area (Å²) in [6, 6.07) is 13.8. The molecule has 3 aromatic rings. The molecule has 1 aromatic heterocycles. The second-order valence-electron chi connectivity index (χ2n) is 7.67. The van der Waals surface area contributed by atoms with Gasteiger partial charge in [-0.3, -0.25) is 9.59 Å². The van der Waals surface area contributed by atoms with Gasteiger partial charge in [0.1, 0.15) is 6.61 Å². The number of carbonyl (C=O) groups excluding carboxylic acids is 1. The monoisotopic (exact) mass is 441 g/mol. The van der Waals surface area contributed by atoms with Gasteiger partial charge in [0, 0.05) is 24.2 Å². The van der Waals surface area contributed by atoms with Crippen LogP contribution in [-0.4, -0.2) is 34.9 Å². The number of hydrogen-bond acceptors (Lipinski definition) is 5. The van der Waals surface area contributed by atoms with E-state index in [4.69, 9.17) is 4.74 Å². The van der Waals surface area contributed by atoms with Gasteiger partial charge in [-0.05, 0) is 35.4 Å². The number of ether oxygens (including phenoxy) is 1. The molecule has 0 radical (unpaired) electrons. The minimum Gasteiger partial charge on any atom is -0.464 e. The lowest BCUT2D eigenvalue weighted by Gasteiger charge is -2.10. The van der Waals surface area contributed by atoms with Crippen molar-refractivity contribution in [3.05, 3.63) is 87.7 Å². The molecule has 0 bridgehead atoms. The van der Waals surface area contributed by atoms with Crippen LogP contribution in [0.15, 0.2) is 59.4 Å². The van der Waals surface area contributed by atoms with E-state index in [-0.39, 0.29) is 24.5 Å². The van der Waals surface area contributed by atoms with E-state index in [2.05, 4.69) is 10.4 Å². The summed E-state index contributed by atoms with van der Waals surface area (Å²) in [7, 11) is 0. The van der Waals surface area contributed by atoms with E-state index in [1.807, 2.05) is 32.0 Å². The SMILES string of the molecule is CC(C)NCCOC(=O)Cc1cccc(Cn2nc(-c3ccc(F)c(F)c3)ccc2=O)c1. The summed E-state index contributed by atoms with van der Waals surface area (Å²) in [5.41, 5.74) is 1.90. The summed E-state index contributed by atoms with van der Waals surface area (Å²) in [5.74, 6) is -2.27. The first-order valence-corrected chi connectivity index (χ1v) is 10.3. The van der Waals surface area contributed by atoms with Gasteiger partial charge in [0.15, 0.2) is 11.6 Å². The standard InChI is InChI=1S/C24H25F2N3O3/c1-16(2)27-10-11-32-24(31)13-17-4-3-5-18(12-17)15-29-23(30)9-8-22(28-29)19-6-7-20(25)21(26)14-19/h3-9,12,14,16,27H,10-11,13,15H2,1-2H3. The maximum atomic E-state index is 13.6. The van der Waals surface area contributed by atoms with Crippen molar-refractivity contribution in [2.45, 2.75) is 32.9 Å². The first-order chi connectivity index (χ1) is 15.3. The van der Waals surface area contributed by atoms with E-state index < -0.39 is 11.6 Å². The molecule has 0 amide bonds. The van der Waals surface area contributed by atoms with Gasteiger partial charge in [-0.15, -0.1) is 0 Å². The van der Waals surface area contributed by atoms with Crippen LogP contribution in [0.2, 0.25) is 0 Å². The van der Waals surface area contributed by atoms with E-state index in [0.29, 0.717) is 30.5 Å². The van der Waals surface area contributed by atoms with Crippen LogP contribution in [0.1, 0.15) is 25.0 Å².